The molecule has 0 saturated heterocycles. The van der Waals surface area contributed by atoms with Crippen molar-refractivity contribution in [1.29, 1.82) is 0 Å². The van der Waals surface area contributed by atoms with E-state index in [1.807, 2.05) is 24.4 Å². The number of aromatic nitrogens is 4. The Balaban J connectivity index is 0.00000756. The third kappa shape index (κ3) is 10.8. The van der Waals surface area contributed by atoms with E-state index in [9.17, 15) is 0 Å². The van der Waals surface area contributed by atoms with Gasteiger partial charge >= 0.3 is 0 Å². The van der Waals surface area contributed by atoms with E-state index >= 15 is 0 Å². The van der Waals surface area contributed by atoms with Gasteiger partial charge < -0.3 is 13.9 Å². The van der Waals surface area contributed by atoms with Crippen LogP contribution in [0, 0.1) is 18.5 Å². The van der Waals surface area contributed by atoms with Crippen molar-refractivity contribution in [3.63, 3.8) is 0 Å². The van der Waals surface area contributed by atoms with Crippen molar-refractivity contribution in [3.05, 3.63) is 370 Å². The zero-order chi connectivity index (χ0) is 63.9. The second-order valence-corrected chi connectivity index (χ2v) is 33.0. The number of nitrogens with zero attached hydrogens (tertiary/aromatic N) is 4. The van der Waals surface area contributed by atoms with Gasteiger partial charge in [-0.15, -0.1) is 29.7 Å². The Morgan fingerprint density at radius 1 is 0.385 bits per heavy atom. The SMILES string of the molecule is CC(C)(C)c1ccnc(-n2c3[c-]c(Oc4[c-]c(-n5[c-][n+](-c6c(-c7cccc([Si](c8ccccc8)(c8ccccc8)c8ccccc8)c7)cccc6-c6cccc([Si](c7ccccc7)(c7ccccc7)c7ccccc7)c6)c6ccccc65)ccc4)ccc3c3ccccc32)c1.[Pt]. The number of hydrogen-bond acceptors (Lipinski definition) is 2. The molecule has 0 bridgehead atoms. The molecule has 8 heteroatoms. The van der Waals surface area contributed by atoms with Crippen LogP contribution in [0.5, 0.6) is 11.5 Å². The fourth-order valence-electron chi connectivity index (χ4n) is 14.5. The molecule has 0 aliphatic carbocycles. The molecule has 0 N–H and O–H groups in total. The van der Waals surface area contributed by atoms with Gasteiger partial charge in [0.1, 0.15) is 5.82 Å². The summed E-state index contributed by atoms with van der Waals surface area (Å²) in [5.74, 6) is 1.95. The van der Waals surface area contributed by atoms with E-state index in [1.54, 1.807) is 0 Å². The standard InChI is InChI=1S/C88H66N4OSi2.Pt/c1-88(2,3)66-56-57-89-86(60-66)92-82-51-23-22-48-80(82)81-55-54-69(62-85(81)92)93-68-33-28-32-67(61-68)90-63-91(84-53-25-24-52-83(84)90)87-78(64-30-26-46-76(58-64)94(70-34-10-4-11-35-70,71-36-12-5-13-37-71)72-38-14-6-15-39-72)49-29-50-79(87)65-31-27-47-77(59-65)95(73-40-16-7-17-41-73,74-42-18-8-19-43-74)75-44-20-9-21-45-75;/h4-60H,1-3H3;/q-2;. The topological polar surface area (TPSA) is 35.9 Å². The summed E-state index contributed by atoms with van der Waals surface area (Å²) in [5, 5.41) is 12.7. The summed E-state index contributed by atoms with van der Waals surface area (Å²) in [6, 6.07) is 132. The Labute approximate surface area is 577 Å². The molecule has 16 aromatic rings. The van der Waals surface area contributed by atoms with E-state index in [0.29, 0.717) is 11.5 Å². The van der Waals surface area contributed by atoms with Crippen LogP contribution in [0.3, 0.4) is 0 Å². The third-order valence-electron chi connectivity index (χ3n) is 18.9. The summed E-state index contributed by atoms with van der Waals surface area (Å²) in [4.78, 5) is 4.93. The molecule has 96 heavy (non-hydrogen) atoms. The van der Waals surface area contributed by atoms with E-state index < -0.39 is 16.1 Å². The van der Waals surface area contributed by atoms with Gasteiger partial charge in [0.15, 0.2) is 16.1 Å². The summed E-state index contributed by atoms with van der Waals surface area (Å²) >= 11 is 0. The van der Waals surface area contributed by atoms with E-state index in [2.05, 4.69) is 374 Å². The number of para-hydroxylation sites is 4. The molecule has 0 amide bonds. The van der Waals surface area contributed by atoms with Crippen molar-refractivity contribution in [1.82, 2.24) is 14.1 Å². The predicted octanol–water partition coefficient (Wildman–Crippen LogP) is 15.0. The first-order valence-corrected chi connectivity index (χ1v) is 36.5. The zero-order valence-electron chi connectivity index (χ0n) is 53.4. The van der Waals surface area contributed by atoms with Crippen LogP contribution in [-0.2, 0) is 26.5 Å². The molecule has 0 radical (unpaired) electrons. The minimum absolute atomic E-state index is 0. The zero-order valence-corrected chi connectivity index (χ0v) is 57.7. The maximum Gasteiger partial charge on any atom is 0.268 e. The molecule has 0 aliphatic heterocycles. The van der Waals surface area contributed by atoms with Crippen molar-refractivity contribution in [2.24, 2.45) is 0 Å². The molecule has 0 fully saturated rings. The summed E-state index contributed by atoms with van der Waals surface area (Å²) < 4.78 is 13.5. The maximum absolute atomic E-state index is 6.87. The number of benzene rings is 13. The van der Waals surface area contributed by atoms with Crippen LogP contribution in [0.2, 0.25) is 0 Å². The Morgan fingerprint density at radius 3 is 1.33 bits per heavy atom. The molecule has 0 spiro atoms. The van der Waals surface area contributed by atoms with Gasteiger partial charge in [-0.2, -0.15) is 18.2 Å². The average Bonchev–Trinajstić information content (AvgIpc) is 0.771. The van der Waals surface area contributed by atoms with Crippen LogP contribution in [0.4, 0.5) is 0 Å². The Kier molecular flexibility index (Phi) is 16.5. The molecule has 13 aromatic carbocycles. The van der Waals surface area contributed by atoms with Crippen LogP contribution < -0.4 is 50.8 Å². The van der Waals surface area contributed by atoms with Crippen LogP contribution in [0.1, 0.15) is 26.3 Å². The molecule has 3 heterocycles. The molecule has 16 rings (SSSR count). The fraction of sp³-hybridized carbons (Fsp3) is 0.0455. The fourth-order valence-corrected chi connectivity index (χ4v) is 24.1. The smallest absolute Gasteiger partial charge is 0.268 e. The summed E-state index contributed by atoms with van der Waals surface area (Å²) in [5.41, 5.74) is 11.1. The van der Waals surface area contributed by atoms with Crippen LogP contribution in [-0.4, -0.2) is 30.3 Å². The minimum atomic E-state index is -2.97. The summed E-state index contributed by atoms with van der Waals surface area (Å²) in [6.45, 7) is 6.70. The molecule has 0 unspecified atom stereocenters. The molecular formula is C88H66N4OPtSi2-2. The summed E-state index contributed by atoms with van der Waals surface area (Å²) in [6.07, 6.45) is 5.91. The second kappa shape index (κ2) is 25.8. The number of ether oxygens (including phenoxy) is 1. The Morgan fingerprint density at radius 2 is 0.823 bits per heavy atom. The number of pyridine rings is 1. The first-order chi connectivity index (χ1) is 46.7. The van der Waals surface area contributed by atoms with Crippen LogP contribution >= 0.6 is 0 Å². The van der Waals surface area contributed by atoms with Gasteiger partial charge in [0, 0.05) is 44.3 Å². The van der Waals surface area contributed by atoms with Crippen molar-refractivity contribution in [2.75, 3.05) is 0 Å². The molecule has 0 atom stereocenters. The summed E-state index contributed by atoms with van der Waals surface area (Å²) in [7, 11) is -5.93. The van der Waals surface area contributed by atoms with E-state index in [4.69, 9.17) is 9.72 Å². The molecule has 0 saturated carbocycles. The van der Waals surface area contributed by atoms with Gasteiger partial charge in [0.2, 0.25) is 0 Å². The Hall–Kier alpha value is -10.8. The quantitative estimate of drug-likeness (QED) is 0.0444. The maximum atomic E-state index is 6.87. The molecule has 5 nitrogen and oxygen atoms in total. The minimum Gasteiger partial charge on any atom is -0.510 e. The number of imidazole rings is 1. The molecular weight excluding hydrogens is 1380 g/mol. The van der Waals surface area contributed by atoms with Crippen molar-refractivity contribution < 1.29 is 30.4 Å². The van der Waals surface area contributed by atoms with Gasteiger partial charge in [0.05, 0.1) is 16.7 Å². The third-order valence-corrected chi connectivity index (χ3v) is 28.4. The van der Waals surface area contributed by atoms with Gasteiger partial charge in [0.25, 0.3) is 6.33 Å². The number of hydrogen-bond donors (Lipinski definition) is 0. The number of fused-ring (bicyclic) bond motifs is 4. The first kappa shape index (κ1) is 61.4. The molecule has 3 aromatic heterocycles. The van der Waals surface area contributed by atoms with Crippen LogP contribution in [0.15, 0.2) is 346 Å². The predicted molar refractivity (Wildman–Crippen MR) is 397 cm³/mol. The molecule has 464 valence electrons. The van der Waals surface area contributed by atoms with Crippen molar-refractivity contribution in [3.8, 4) is 50.9 Å². The van der Waals surface area contributed by atoms with Gasteiger partial charge in [-0.25, -0.2) is 4.98 Å². The Bertz CT molecular complexity index is 5060. The van der Waals surface area contributed by atoms with Crippen LogP contribution in [0.25, 0.3) is 72.3 Å². The average molecular weight is 1450 g/mol. The normalized spacial score (nSPS) is 11.8. The van der Waals surface area contributed by atoms with Gasteiger partial charge in [-0.1, -0.05) is 317 Å². The first-order valence-electron chi connectivity index (χ1n) is 32.5. The van der Waals surface area contributed by atoms with Crippen molar-refractivity contribution >= 4 is 90.5 Å². The largest absolute Gasteiger partial charge is 0.510 e. The molecule has 0 aliphatic rings. The van der Waals surface area contributed by atoms with E-state index in [1.165, 1.54) is 47.1 Å². The van der Waals surface area contributed by atoms with E-state index in [0.717, 1.165) is 72.3 Å². The van der Waals surface area contributed by atoms with Crippen molar-refractivity contribution in [2.45, 2.75) is 26.2 Å². The van der Waals surface area contributed by atoms with Gasteiger partial charge in [-0.3, -0.25) is 4.57 Å². The monoisotopic (exact) mass is 1450 g/mol. The van der Waals surface area contributed by atoms with Gasteiger partial charge in [-0.05, 0) is 104 Å². The number of rotatable bonds is 15. The van der Waals surface area contributed by atoms with E-state index in [-0.39, 0.29) is 26.5 Å². The second-order valence-electron chi connectivity index (χ2n) is 25.4.